The zero-order valence-electron chi connectivity index (χ0n) is 64.6. The quantitative estimate of drug-likeness (QED) is 0.0974. The number of alkyl halides is 9. The Balaban J connectivity index is 0.000000290. The van der Waals surface area contributed by atoms with Crippen LogP contribution in [0.15, 0.2) is 255 Å². The Morgan fingerprint density at radius 2 is 0.678 bits per heavy atom. The molecule has 5 radical (unpaired) electrons. The second-order valence-corrected chi connectivity index (χ2v) is 27.6. The van der Waals surface area contributed by atoms with Crippen LogP contribution in [0, 0.1) is 65.0 Å². The van der Waals surface area contributed by atoms with Gasteiger partial charge in [0.05, 0.1) is 18.0 Å². The first-order valence-electron chi connectivity index (χ1n) is 34.3. The van der Waals surface area contributed by atoms with Gasteiger partial charge in [0, 0.05) is 218 Å². The largest absolute Gasteiger partial charge is 0.573 e. The Kier molecular flexibility index (Phi) is 38.4. The smallest absolute Gasteiger partial charge is 0.431 e. The Hall–Kier alpha value is -10.2. The number of halogens is 14. The van der Waals surface area contributed by atoms with Crippen molar-refractivity contribution in [2.24, 2.45) is 28.2 Å². The van der Waals surface area contributed by atoms with E-state index in [2.05, 4.69) is 147 Å². The predicted octanol–water partition coefficient (Wildman–Crippen LogP) is 20.6. The fourth-order valence-corrected chi connectivity index (χ4v) is 10.7. The average Bonchev–Trinajstić information content (AvgIpc) is 1.68. The number of hydrogen-bond acceptors (Lipinski definition) is 11. The van der Waals surface area contributed by atoms with Gasteiger partial charge in [-0.15, -0.1) is 171 Å². The van der Waals surface area contributed by atoms with Crippen LogP contribution < -0.4 is 15.3 Å². The molecule has 5 aromatic carbocycles. The van der Waals surface area contributed by atoms with Crippen molar-refractivity contribution in [2.45, 2.75) is 58.0 Å². The summed E-state index contributed by atoms with van der Waals surface area (Å²) in [5, 5.41) is 23.7. The summed E-state index contributed by atoms with van der Waals surface area (Å²) in [4.78, 5) is 26.2. The van der Waals surface area contributed by atoms with E-state index in [-0.39, 0.29) is 134 Å². The molecule has 18 nitrogen and oxygen atoms in total. The second kappa shape index (κ2) is 45.1. The molecule has 11 heterocycles. The van der Waals surface area contributed by atoms with E-state index in [0.717, 1.165) is 63.5 Å². The average molecular weight is 2580 g/mol. The van der Waals surface area contributed by atoms with Crippen LogP contribution in [0.25, 0.3) is 90.7 Å². The van der Waals surface area contributed by atoms with Gasteiger partial charge in [0.1, 0.15) is 17.1 Å². The summed E-state index contributed by atoms with van der Waals surface area (Å²) in [6.45, 7) is 9.59. The maximum Gasteiger partial charge on any atom is 0.431 e. The van der Waals surface area contributed by atoms with Crippen LogP contribution >= 0.6 is 10.2 Å². The van der Waals surface area contributed by atoms with Crippen molar-refractivity contribution in [1.82, 2.24) is 89.0 Å². The van der Waals surface area contributed by atoms with Gasteiger partial charge in [-0.3, -0.25) is 34.6 Å². The van der Waals surface area contributed by atoms with Crippen LogP contribution in [0.1, 0.15) is 44.9 Å². The summed E-state index contributed by atoms with van der Waals surface area (Å²) < 4.78 is 181. The molecule has 0 amide bonds. The van der Waals surface area contributed by atoms with Crippen LogP contribution in [0.2, 0.25) is 0 Å². The molecule has 0 fully saturated rings. The van der Waals surface area contributed by atoms with E-state index >= 15 is 0 Å². The first-order chi connectivity index (χ1) is 54.7. The summed E-state index contributed by atoms with van der Waals surface area (Å²) in [6.07, 6.45) is 5.63. The van der Waals surface area contributed by atoms with Crippen molar-refractivity contribution in [2.75, 3.05) is 0 Å². The molecule has 0 unspecified atom stereocenters. The molecule has 0 saturated carbocycles. The maximum atomic E-state index is 12.8. The van der Waals surface area contributed by atoms with E-state index < -0.39 is 50.7 Å². The fourth-order valence-electron chi connectivity index (χ4n) is 10.0. The van der Waals surface area contributed by atoms with Crippen molar-refractivity contribution in [3.8, 4) is 90.7 Å². The molecule has 121 heavy (non-hydrogen) atoms. The van der Waals surface area contributed by atoms with E-state index in [9.17, 15) is 58.9 Å². The van der Waals surface area contributed by atoms with E-state index in [1.807, 2.05) is 121 Å². The molecular weight excluding hydrogens is 2510 g/mol. The Morgan fingerprint density at radius 1 is 0.339 bits per heavy atom. The molecule has 16 rings (SSSR count). The molecule has 0 aliphatic carbocycles. The van der Waals surface area contributed by atoms with Crippen LogP contribution in [-0.2, 0) is 147 Å². The summed E-state index contributed by atoms with van der Waals surface area (Å²) in [7, 11) is -1.87. The molecule has 0 aliphatic heterocycles. The molecule has 0 spiro atoms. The van der Waals surface area contributed by atoms with Gasteiger partial charge in [-0.25, -0.2) is 5.10 Å². The predicted molar refractivity (Wildman–Crippen MR) is 411 cm³/mol. The normalized spacial score (nSPS) is 11.2. The van der Waals surface area contributed by atoms with Crippen molar-refractivity contribution in [1.29, 1.82) is 0 Å². The Labute approximate surface area is 754 Å². The molecular formula is C83H68F14Ir5N18S-8. The van der Waals surface area contributed by atoms with Gasteiger partial charge in [-0.1, -0.05) is 108 Å². The molecule has 0 aliphatic rings. The van der Waals surface area contributed by atoms with E-state index in [4.69, 9.17) is 0 Å². The number of benzene rings is 5. The van der Waals surface area contributed by atoms with Gasteiger partial charge >= 0.3 is 18.5 Å². The molecule has 11 aromatic heterocycles. The first-order valence-corrected chi connectivity index (χ1v) is 36.2. The second-order valence-electron chi connectivity index (χ2n) is 25.2. The Morgan fingerprint density at radius 3 is 0.959 bits per heavy atom. The van der Waals surface area contributed by atoms with Crippen molar-refractivity contribution >= 4 is 10.2 Å². The number of rotatable bonds is 9. The van der Waals surface area contributed by atoms with Gasteiger partial charge in [0.2, 0.25) is 0 Å². The van der Waals surface area contributed by atoms with Crippen molar-refractivity contribution < 1.29 is 159 Å². The number of aryl methyl sites for hydroxylation is 9. The molecule has 0 atom stereocenters. The zero-order chi connectivity index (χ0) is 84.1. The summed E-state index contributed by atoms with van der Waals surface area (Å²) >= 11 is 0. The van der Waals surface area contributed by atoms with Gasteiger partial charge in [0.25, 0.3) is 10.2 Å². The number of hydrogen-bond donors (Lipinski definition) is 0. The third-order valence-corrected chi connectivity index (χ3v) is 16.6. The van der Waals surface area contributed by atoms with Crippen LogP contribution in [0.3, 0.4) is 0 Å². The fraction of sp³-hybridized carbons (Fsp3) is 0.145. The monoisotopic (exact) mass is 2580 g/mol. The summed E-state index contributed by atoms with van der Waals surface area (Å²) in [5.74, 6) is 1.92. The minimum absolute atomic E-state index is 0. The van der Waals surface area contributed by atoms with E-state index in [1.54, 1.807) is 96.2 Å². The maximum absolute atomic E-state index is 12.8. The Bertz CT molecular complexity index is 5420. The third kappa shape index (κ3) is 32.3. The van der Waals surface area contributed by atoms with E-state index in [0.29, 0.717) is 23.1 Å². The molecule has 647 valence electrons. The number of imidazole rings is 3. The molecule has 38 heteroatoms. The SMILES string of the molecule is Cc1cc(-c2ccccn2)[c-]c(S(F)(F)(F)(F)F)c1.Cc1cc[c-]c(-c2ccn(C)n2)c1.Cc1cc[c-]c(-c2cn(C)cn2)c1.Cc1cc[c-]c(-c2nccn2C)c1.Cc1cc[c-]c(-c2nccn2C)c1.FC(F)(F)c1cc(-c2ccccn2)[n-]n1.FC(F)(F)c1cc(-c2ccccn2)[n-]n1.FC(F)(F)c1cc(-c2ccccn2)[n-]n1.[Ir].[Ir].[Ir].[Ir].[Ir]. The third-order valence-electron chi connectivity index (χ3n) is 15.5. The first kappa shape index (κ1) is 103. The number of nitrogens with zero attached hydrogens (tertiary/aromatic N) is 18. The standard InChI is InChI=1S/C12H9F5NS.4C11H11N2.3C9H5F3N3.5Ir/c1-9-6-10(12-4-2-3-5-18-12)8-11(7-9)19(13,14,15,16)17;1-9-4-3-5-10(6-9)11-7-13(2)8-12-11;2*1-9-4-3-5-10(8-9)11-12-6-7-13(11)2;1-9-4-3-5-10(8-9)11-6-7-13(2)12-11;3*10-9(11,12)8-5-7(14-15-8)6-3-1-2-4-13-6;;;;;/h2-7H,1H3;4*3-4,6-8H,1-2H3;3*1-5H;;;;;/q8*-1;;;;;. The van der Waals surface area contributed by atoms with Crippen molar-refractivity contribution in [3.05, 3.63) is 326 Å². The zero-order valence-corrected chi connectivity index (χ0v) is 77.4. The minimum atomic E-state index is -9.72. The molecule has 0 saturated heterocycles. The van der Waals surface area contributed by atoms with Crippen LogP contribution in [0.4, 0.5) is 58.9 Å². The molecule has 0 N–H and O–H groups in total. The summed E-state index contributed by atoms with van der Waals surface area (Å²) in [6, 6.07) is 64.3. The van der Waals surface area contributed by atoms with Crippen molar-refractivity contribution in [3.63, 3.8) is 0 Å². The van der Waals surface area contributed by atoms with Gasteiger partial charge in [-0.05, 0) is 72.6 Å². The van der Waals surface area contributed by atoms with Gasteiger partial charge < -0.3 is 49.3 Å². The van der Waals surface area contributed by atoms with Gasteiger partial charge in [0.15, 0.2) is 0 Å². The van der Waals surface area contributed by atoms with Gasteiger partial charge in [-0.2, -0.15) is 39.5 Å². The molecule has 0 bridgehead atoms. The van der Waals surface area contributed by atoms with Crippen LogP contribution in [-0.4, -0.2) is 73.7 Å². The van der Waals surface area contributed by atoms with E-state index in [1.165, 1.54) is 66.1 Å². The summed E-state index contributed by atoms with van der Waals surface area (Å²) in [5.41, 5.74) is 9.75. The number of aromatic nitrogens is 18. The van der Waals surface area contributed by atoms with Crippen LogP contribution in [0.5, 0.6) is 0 Å². The minimum Gasteiger partial charge on any atom is -0.573 e. The topological polar surface area (TPSA) is 204 Å². The number of pyridine rings is 4. The molecule has 16 aromatic rings.